The molecule has 0 saturated carbocycles. The average Bonchev–Trinajstić information content (AvgIpc) is 2.65. The zero-order chi connectivity index (χ0) is 17.9. The number of likely N-dealkylation sites (tertiary alicyclic amines) is 2. The predicted molar refractivity (Wildman–Crippen MR) is 113 cm³/mol. The van der Waals surface area contributed by atoms with Crippen LogP contribution in [0.3, 0.4) is 0 Å². The Morgan fingerprint density at radius 3 is 2.48 bits per heavy atom. The van der Waals surface area contributed by atoms with Crippen molar-refractivity contribution in [3.63, 3.8) is 0 Å². The molecule has 0 unspecified atom stereocenters. The van der Waals surface area contributed by atoms with Crippen molar-refractivity contribution in [1.29, 1.82) is 0 Å². The summed E-state index contributed by atoms with van der Waals surface area (Å²) in [6.45, 7) is 6.17. The molecule has 7 heteroatoms. The van der Waals surface area contributed by atoms with Crippen molar-refractivity contribution in [2.75, 3.05) is 44.6 Å². The molecule has 3 heterocycles. The number of carbonyl (C=O) groups excluding carboxylic acids is 1. The lowest BCUT2D eigenvalue weighted by atomic mass is 9.98. The van der Waals surface area contributed by atoms with Crippen molar-refractivity contribution in [3.8, 4) is 0 Å². The number of hydrogen-bond acceptors (Lipinski definition) is 4. The molecule has 27 heavy (non-hydrogen) atoms. The van der Waals surface area contributed by atoms with Crippen molar-refractivity contribution in [3.05, 3.63) is 28.8 Å². The summed E-state index contributed by atoms with van der Waals surface area (Å²) in [5, 5.41) is 7.55. The van der Waals surface area contributed by atoms with Crippen LogP contribution in [0, 0.1) is 0 Å². The highest BCUT2D eigenvalue weighted by Crippen LogP contribution is 2.26. The highest BCUT2D eigenvalue weighted by Gasteiger charge is 2.32. The number of amides is 1. The van der Waals surface area contributed by atoms with Crippen LogP contribution in [0.15, 0.2) is 18.2 Å². The molecule has 5 nitrogen and oxygen atoms in total. The van der Waals surface area contributed by atoms with Crippen molar-refractivity contribution in [1.82, 2.24) is 15.1 Å². The number of piperidine rings is 2. The van der Waals surface area contributed by atoms with Gasteiger partial charge in [0.1, 0.15) is 0 Å². The van der Waals surface area contributed by atoms with Crippen molar-refractivity contribution in [2.24, 2.45) is 0 Å². The van der Waals surface area contributed by atoms with Gasteiger partial charge in [-0.3, -0.25) is 9.69 Å². The fourth-order valence-electron chi connectivity index (χ4n) is 4.36. The van der Waals surface area contributed by atoms with E-state index in [-0.39, 0.29) is 18.3 Å². The zero-order valence-electron chi connectivity index (χ0n) is 15.8. The van der Waals surface area contributed by atoms with Gasteiger partial charge < -0.3 is 15.5 Å². The van der Waals surface area contributed by atoms with Crippen LogP contribution in [0.5, 0.6) is 0 Å². The molecule has 0 aliphatic carbocycles. The molecule has 3 saturated heterocycles. The fourth-order valence-corrected chi connectivity index (χ4v) is 4.62. The van der Waals surface area contributed by atoms with E-state index in [1.807, 2.05) is 23.1 Å². The molecule has 0 radical (unpaired) electrons. The molecule has 3 aliphatic heterocycles. The minimum absolute atomic E-state index is 0. The summed E-state index contributed by atoms with van der Waals surface area (Å²) in [4.78, 5) is 17.2. The van der Waals surface area contributed by atoms with Gasteiger partial charge in [0.2, 0.25) is 0 Å². The van der Waals surface area contributed by atoms with E-state index in [1.165, 1.54) is 19.3 Å². The summed E-state index contributed by atoms with van der Waals surface area (Å²) >= 11 is 6.43. The van der Waals surface area contributed by atoms with Crippen molar-refractivity contribution >= 4 is 35.6 Å². The molecule has 150 valence electrons. The van der Waals surface area contributed by atoms with Crippen molar-refractivity contribution in [2.45, 2.75) is 44.2 Å². The standard InChI is InChI=1S/C20H29ClN4O.ClH/c21-19-12-15(4-5-18(19)20(26)24-10-2-1-3-11-24)23-16-13-25(14-16)17-6-8-22-9-7-17;/h4-5,12,16-17,22-23H,1-3,6-11,13-14H2;1H. The lowest BCUT2D eigenvalue weighted by Crippen LogP contribution is -2.60. The number of carbonyl (C=O) groups is 1. The first kappa shape index (κ1) is 20.7. The molecular weight excluding hydrogens is 383 g/mol. The Morgan fingerprint density at radius 1 is 1.11 bits per heavy atom. The number of rotatable bonds is 4. The summed E-state index contributed by atoms with van der Waals surface area (Å²) in [7, 11) is 0. The van der Waals surface area contributed by atoms with Crippen LogP contribution in [0.4, 0.5) is 5.69 Å². The van der Waals surface area contributed by atoms with Gasteiger partial charge in [0.15, 0.2) is 0 Å². The van der Waals surface area contributed by atoms with Gasteiger partial charge in [-0.05, 0) is 63.4 Å². The minimum Gasteiger partial charge on any atom is -0.380 e. The number of anilines is 1. The quantitative estimate of drug-likeness (QED) is 0.796. The monoisotopic (exact) mass is 412 g/mol. The van der Waals surface area contributed by atoms with Gasteiger partial charge in [0.05, 0.1) is 16.6 Å². The highest BCUT2D eigenvalue weighted by atomic mass is 35.5. The van der Waals surface area contributed by atoms with Crippen LogP contribution in [-0.2, 0) is 0 Å². The molecule has 4 rings (SSSR count). The van der Waals surface area contributed by atoms with Crippen molar-refractivity contribution < 1.29 is 4.79 Å². The Morgan fingerprint density at radius 2 is 1.81 bits per heavy atom. The van der Waals surface area contributed by atoms with Gasteiger partial charge in [0.25, 0.3) is 5.91 Å². The number of nitrogens with one attached hydrogen (secondary N) is 2. The smallest absolute Gasteiger partial charge is 0.255 e. The Hall–Kier alpha value is -1.01. The number of nitrogens with zero attached hydrogens (tertiary/aromatic N) is 2. The molecule has 1 aromatic carbocycles. The van der Waals surface area contributed by atoms with E-state index in [2.05, 4.69) is 15.5 Å². The van der Waals surface area contributed by atoms with Gasteiger partial charge in [-0.15, -0.1) is 12.4 Å². The van der Waals surface area contributed by atoms with E-state index in [0.717, 1.165) is 63.8 Å². The number of benzene rings is 1. The molecule has 1 amide bonds. The van der Waals surface area contributed by atoms with Crippen LogP contribution in [-0.4, -0.2) is 67.1 Å². The largest absolute Gasteiger partial charge is 0.380 e. The summed E-state index contributed by atoms with van der Waals surface area (Å²) < 4.78 is 0. The van der Waals surface area contributed by atoms with Gasteiger partial charge in [-0.1, -0.05) is 11.6 Å². The van der Waals surface area contributed by atoms with Crippen LogP contribution in [0.2, 0.25) is 5.02 Å². The van der Waals surface area contributed by atoms with Gasteiger partial charge in [-0.25, -0.2) is 0 Å². The van der Waals surface area contributed by atoms with E-state index < -0.39 is 0 Å². The third-order valence-electron chi connectivity index (χ3n) is 5.95. The highest BCUT2D eigenvalue weighted by molar-refractivity contribution is 6.34. The van der Waals surface area contributed by atoms with E-state index in [1.54, 1.807) is 0 Å². The summed E-state index contributed by atoms with van der Waals surface area (Å²) in [5.74, 6) is 0.0713. The lowest BCUT2D eigenvalue weighted by Gasteiger charge is -2.46. The zero-order valence-corrected chi connectivity index (χ0v) is 17.3. The SMILES string of the molecule is Cl.O=C(c1ccc(NC2CN(C3CCNCC3)C2)cc1Cl)N1CCCCC1. The summed E-state index contributed by atoms with van der Waals surface area (Å²) in [6.07, 6.45) is 5.92. The molecular formula is C20H30Cl2N4O. The first-order valence-electron chi connectivity index (χ1n) is 10.0. The molecule has 0 atom stereocenters. The van der Waals surface area contributed by atoms with E-state index in [9.17, 15) is 4.79 Å². The molecule has 0 aromatic heterocycles. The van der Waals surface area contributed by atoms with Crippen LogP contribution in [0.25, 0.3) is 0 Å². The fraction of sp³-hybridized carbons (Fsp3) is 0.650. The normalized spacial score (nSPS) is 22.0. The molecule has 2 N–H and O–H groups in total. The second-order valence-electron chi connectivity index (χ2n) is 7.82. The molecule has 3 aliphatic rings. The van der Waals surface area contributed by atoms with Crippen LogP contribution in [0.1, 0.15) is 42.5 Å². The second-order valence-corrected chi connectivity index (χ2v) is 8.23. The van der Waals surface area contributed by atoms with Gasteiger partial charge in [-0.2, -0.15) is 0 Å². The Kier molecular flexibility index (Phi) is 7.26. The van der Waals surface area contributed by atoms with Gasteiger partial charge in [0, 0.05) is 37.9 Å². The van der Waals surface area contributed by atoms with E-state index in [0.29, 0.717) is 16.6 Å². The average molecular weight is 413 g/mol. The Bertz CT molecular complexity index is 639. The predicted octanol–water partition coefficient (Wildman–Crippen LogP) is 3.24. The van der Waals surface area contributed by atoms with E-state index >= 15 is 0 Å². The topological polar surface area (TPSA) is 47.6 Å². The lowest BCUT2D eigenvalue weighted by molar-refractivity contribution is 0.0724. The third kappa shape index (κ3) is 4.89. The maximum Gasteiger partial charge on any atom is 0.255 e. The number of hydrogen-bond donors (Lipinski definition) is 2. The van der Waals surface area contributed by atoms with Crippen LogP contribution < -0.4 is 10.6 Å². The maximum atomic E-state index is 12.6. The number of halogens is 2. The Balaban J connectivity index is 0.00000210. The maximum absolute atomic E-state index is 12.6. The molecule has 0 spiro atoms. The molecule has 1 aromatic rings. The Labute approximate surface area is 173 Å². The summed E-state index contributed by atoms with van der Waals surface area (Å²) in [6, 6.07) is 7.00. The third-order valence-corrected chi connectivity index (χ3v) is 6.26. The molecule has 0 bridgehead atoms. The first-order chi connectivity index (χ1) is 12.7. The molecule has 3 fully saturated rings. The van der Waals surface area contributed by atoms with Gasteiger partial charge >= 0.3 is 0 Å². The van der Waals surface area contributed by atoms with Crippen LogP contribution >= 0.6 is 24.0 Å². The second kappa shape index (κ2) is 9.46. The first-order valence-corrected chi connectivity index (χ1v) is 10.4. The minimum atomic E-state index is 0. The van der Waals surface area contributed by atoms with E-state index in [4.69, 9.17) is 11.6 Å². The summed E-state index contributed by atoms with van der Waals surface area (Å²) in [5.41, 5.74) is 1.64.